The molecule has 0 atom stereocenters. The molecule has 0 spiro atoms. The fourth-order valence-electron chi connectivity index (χ4n) is 1.87. The molecule has 2 fully saturated rings. The van der Waals surface area contributed by atoms with Crippen LogP contribution in [0.25, 0.3) is 0 Å². The summed E-state index contributed by atoms with van der Waals surface area (Å²) in [6.45, 7) is 0.597. The molecular formula is C11H18N2O3. The Hall–Kier alpha value is -1.26. The molecule has 0 bridgehead atoms. The molecule has 0 heterocycles. The molecule has 5 heteroatoms. The number of carbonyl (C=O) groups excluding carboxylic acids is 1. The zero-order chi connectivity index (χ0) is 11.7. The van der Waals surface area contributed by atoms with Crippen LogP contribution in [0.4, 0.5) is 4.79 Å². The second kappa shape index (κ2) is 4.31. The summed E-state index contributed by atoms with van der Waals surface area (Å²) in [5.41, 5.74) is 0. The third kappa shape index (κ3) is 2.87. The van der Waals surface area contributed by atoms with E-state index in [2.05, 4.69) is 0 Å². The number of urea groups is 1. The molecule has 2 aliphatic carbocycles. The van der Waals surface area contributed by atoms with Crippen molar-refractivity contribution < 1.29 is 14.7 Å². The Kier molecular flexibility index (Phi) is 3.03. The first kappa shape index (κ1) is 11.2. The van der Waals surface area contributed by atoms with Crippen LogP contribution in [-0.2, 0) is 4.79 Å². The van der Waals surface area contributed by atoms with Gasteiger partial charge in [-0.3, -0.25) is 4.79 Å². The number of carboxylic acid groups (broad SMARTS) is 1. The van der Waals surface area contributed by atoms with E-state index in [0.29, 0.717) is 5.92 Å². The predicted octanol–water partition coefficient (Wildman–Crippen LogP) is 0.997. The van der Waals surface area contributed by atoms with Crippen molar-refractivity contribution >= 4 is 12.0 Å². The van der Waals surface area contributed by atoms with Crippen molar-refractivity contribution in [2.75, 3.05) is 20.1 Å². The van der Waals surface area contributed by atoms with Crippen LogP contribution in [-0.4, -0.2) is 53.1 Å². The number of hydrogen-bond donors (Lipinski definition) is 1. The van der Waals surface area contributed by atoms with Crippen LogP contribution in [0.3, 0.4) is 0 Å². The smallest absolute Gasteiger partial charge is 0.323 e. The summed E-state index contributed by atoms with van der Waals surface area (Å²) in [5.74, 6) is -0.292. The molecular weight excluding hydrogens is 208 g/mol. The zero-order valence-electron chi connectivity index (χ0n) is 9.56. The maximum absolute atomic E-state index is 12.0. The fourth-order valence-corrected chi connectivity index (χ4v) is 1.87. The van der Waals surface area contributed by atoms with Gasteiger partial charge >= 0.3 is 12.0 Å². The number of amides is 2. The molecule has 5 nitrogen and oxygen atoms in total. The number of carboxylic acids is 1. The highest BCUT2D eigenvalue weighted by atomic mass is 16.4. The molecule has 0 aromatic carbocycles. The van der Waals surface area contributed by atoms with Crippen LogP contribution in [0.2, 0.25) is 0 Å². The molecule has 0 aromatic rings. The highest BCUT2D eigenvalue weighted by molar-refractivity contribution is 5.80. The van der Waals surface area contributed by atoms with Gasteiger partial charge in [0.1, 0.15) is 6.54 Å². The maximum Gasteiger partial charge on any atom is 0.323 e. The van der Waals surface area contributed by atoms with Gasteiger partial charge in [0.15, 0.2) is 0 Å². The summed E-state index contributed by atoms with van der Waals surface area (Å²) in [4.78, 5) is 25.9. The van der Waals surface area contributed by atoms with E-state index >= 15 is 0 Å². The number of aliphatic carboxylic acids is 1. The van der Waals surface area contributed by atoms with Gasteiger partial charge in [-0.05, 0) is 31.6 Å². The molecule has 2 aliphatic rings. The van der Waals surface area contributed by atoms with E-state index in [1.165, 1.54) is 17.7 Å². The Morgan fingerprint density at radius 3 is 2.31 bits per heavy atom. The van der Waals surface area contributed by atoms with Gasteiger partial charge in [-0.15, -0.1) is 0 Å². The van der Waals surface area contributed by atoms with E-state index in [0.717, 1.165) is 19.4 Å². The van der Waals surface area contributed by atoms with E-state index in [1.807, 2.05) is 0 Å². The first-order valence-electron chi connectivity index (χ1n) is 5.81. The van der Waals surface area contributed by atoms with E-state index in [4.69, 9.17) is 5.11 Å². The van der Waals surface area contributed by atoms with Crippen LogP contribution in [0.1, 0.15) is 25.7 Å². The van der Waals surface area contributed by atoms with Crippen molar-refractivity contribution in [1.29, 1.82) is 0 Å². The molecule has 1 N–H and O–H groups in total. The number of carbonyl (C=O) groups is 2. The topological polar surface area (TPSA) is 60.9 Å². The largest absolute Gasteiger partial charge is 0.480 e. The normalized spacial score (nSPS) is 19.3. The van der Waals surface area contributed by atoms with Crippen molar-refractivity contribution in [1.82, 2.24) is 9.80 Å². The first-order valence-corrected chi connectivity index (χ1v) is 5.81. The van der Waals surface area contributed by atoms with Crippen LogP contribution < -0.4 is 0 Å². The second-order valence-electron chi connectivity index (χ2n) is 4.86. The monoisotopic (exact) mass is 226 g/mol. The summed E-state index contributed by atoms with van der Waals surface area (Å²) in [7, 11) is 1.76. The maximum atomic E-state index is 12.0. The molecule has 16 heavy (non-hydrogen) atoms. The Balaban J connectivity index is 1.89. The van der Waals surface area contributed by atoms with E-state index in [1.54, 1.807) is 11.9 Å². The summed E-state index contributed by atoms with van der Waals surface area (Å²) in [5, 5.41) is 8.77. The molecule has 0 radical (unpaired) electrons. The standard InChI is InChI=1S/C11H18N2O3/c1-12(6-8-2-3-8)11(16)13(7-10(14)15)9-4-5-9/h8-9H,2-7H2,1H3,(H,14,15). The van der Waals surface area contributed by atoms with Gasteiger partial charge in [0.25, 0.3) is 0 Å². The van der Waals surface area contributed by atoms with Gasteiger partial charge in [-0.25, -0.2) is 4.79 Å². The van der Waals surface area contributed by atoms with Crippen LogP contribution in [0.5, 0.6) is 0 Å². The molecule has 0 saturated heterocycles. The van der Waals surface area contributed by atoms with Gasteiger partial charge in [0, 0.05) is 19.6 Å². The van der Waals surface area contributed by atoms with Gasteiger partial charge < -0.3 is 14.9 Å². The third-order valence-electron chi connectivity index (χ3n) is 3.09. The molecule has 2 amide bonds. The molecule has 90 valence electrons. The van der Waals surface area contributed by atoms with Crippen molar-refractivity contribution in [3.05, 3.63) is 0 Å². The summed E-state index contributed by atoms with van der Waals surface area (Å²) in [6.07, 6.45) is 4.27. The quantitative estimate of drug-likeness (QED) is 0.760. The Bertz CT molecular complexity index is 298. The molecule has 0 aliphatic heterocycles. The van der Waals surface area contributed by atoms with Crippen molar-refractivity contribution in [3.8, 4) is 0 Å². The van der Waals surface area contributed by atoms with Crippen LogP contribution >= 0.6 is 0 Å². The summed E-state index contributed by atoms with van der Waals surface area (Å²) in [6, 6.07) is 0.0297. The lowest BCUT2D eigenvalue weighted by Crippen LogP contribution is -2.45. The van der Waals surface area contributed by atoms with Crippen molar-refractivity contribution in [2.24, 2.45) is 5.92 Å². The SMILES string of the molecule is CN(CC1CC1)C(=O)N(CC(=O)O)C1CC1. The minimum Gasteiger partial charge on any atom is -0.480 e. The second-order valence-corrected chi connectivity index (χ2v) is 4.86. The number of nitrogens with zero attached hydrogens (tertiary/aromatic N) is 2. The molecule has 2 rings (SSSR count). The highest BCUT2D eigenvalue weighted by Gasteiger charge is 2.36. The van der Waals surface area contributed by atoms with Crippen LogP contribution in [0, 0.1) is 5.92 Å². The molecule has 2 saturated carbocycles. The van der Waals surface area contributed by atoms with Gasteiger partial charge in [-0.2, -0.15) is 0 Å². The lowest BCUT2D eigenvalue weighted by molar-refractivity contribution is -0.137. The average Bonchev–Trinajstić information content (AvgIpc) is 3.04. The van der Waals surface area contributed by atoms with Gasteiger partial charge in [0.05, 0.1) is 0 Å². The minimum atomic E-state index is -0.930. The highest BCUT2D eigenvalue weighted by Crippen LogP contribution is 2.31. The molecule has 0 unspecified atom stereocenters. The van der Waals surface area contributed by atoms with Gasteiger partial charge in [-0.1, -0.05) is 0 Å². The first-order chi connectivity index (χ1) is 7.58. The lowest BCUT2D eigenvalue weighted by atomic mass is 10.4. The Morgan fingerprint density at radius 1 is 1.25 bits per heavy atom. The predicted molar refractivity (Wildman–Crippen MR) is 58.1 cm³/mol. The number of hydrogen-bond acceptors (Lipinski definition) is 2. The minimum absolute atomic E-state index is 0.128. The summed E-state index contributed by atoms with van der Waals surface area (Å²) < 4.78 is 0. The van der Waals surface area contributed by atoms with Crippen LogP contribution in [0.15, 0.2) is 0 Å². The summed E-state index contributed by atoms with van der Waals surface area (Å²) >= 11 is 0. The van der Waals surface area contributed by atoms with Crippen molar-refractivity contribution in [2.45, 2.75) is 31.7 Å². The zero-order valence-corrected chi connectivity index (χ0v) is 9.56. The lowest BCUT2D eigenvalue weighted by Gasteiger charge is -2.26. The molecule has 0 aromatic heterocycles. The van der Waals surface area contributed by atoms with Crippen molar-refractivity contribution in [3.63, 3.8) is 0 Å². The average molecular weight is 226 g/mol. The third-order valence-corrected chi connectivity index (χ3v) is 3.09. The van der Waals surface area contributed by atoms with E-state index in [9.17, 15) is 9.59 Å². The van der Waals surface area contributed by atoms with E-state index in [-0.39, 0.29) is 18.6 Å². The number of rotatable bonds is 5. The fraction of sp³-hybridized carbons (Fsp3) is 0.818. The Morgan fingerprint density at radius 2 is 1.88 bits per heavy atom. The van der Waals surface area contributed by atoms with E-state index < -0.39 is 5.97 Å². The van der Waals surface area contributed by atoms with Gasteiger partial charge in [0.2, 0.25) is 0 Å². The Labute approximate surface area is 95.0 Å².